The summed E-state index contributed by atoms with van der Waals surface area (Å²) in [6.45, 7) is 2.87. The van der Waals surface area contributed by atoms with Crippen LogP contribution in [0.3, 0.4) is 0 Å². The van der Waals surface area contributed by atoms with E-state index in [4.69, 9.17) is 0 Å². The van der Waals surface area contributed by atoms with Gasteiger partial charge in [0.2, 0.25) is 0 Å². The fourth-order valence-corrected chi connectivity index (χ4v) is 2.05. The van der Waals surface area contributed by atoms with Crippen LogP contribution in [-0.4, -0.2) is 12.5 Å². The second-order valence-electron chi connectivity index (χ2n) is 5.04. The van der Waals surface area contributed by atoms with E-state index in [1.165, 1.54) is 17.7 Å². The number of halogens is 1. The third-order valence-corrected chi connectivity index (χ3v) is 3.39. The van der Waals surface area contributed by atoms with Crippen molar-refractivity contribution in [2.75, 3.05) is 6.54 Å². The first-order valence-electron chi connectivity index (χ1n) is 7.04. The molecule has 3 nitrogen and oxygen atoms in total. The van der Waals surface area contributed by atoms with Crippen LogP contribution in [-0.2, 0) is 11.3 Å². The summed E-state index contributed by atoms with van der Waals surface area (Å²) in [5.74, 6) is -0.294. The van der Waals surface area contributed by atoms with E-state index in [9.17, 15) is 9.18 Å². The lowest BCUT2D eigenvalue weighted by molar-refractivity contribution is -0.682. The Morgan fingerprint density at radius 3 is 2.48 bits per heavy atom. The predicted octanol–water partition coefficient (Wildman–Crippen LogP) is 1.77. The highest BCUT2D eigenvalue weighted by molar-refractivity contribution is 5.76. The van der Waals surface area contributed by atoms with Crippen molar-refractivity contribution in [2.24, 2.45) is 0 Å². The summed E-state index contributed by atoms with van der Waals surface area (Å²) in [5, 5.41) is 4.83. The third-order valence-electron chi connectivity index (χ3n) is 3.39. The van der Waals surface area contributed by atoms with Gasteiger partial charge in [-0.1, -0.05) is 42.5 Å². The lowest BCUT2D eigenvalue weighted by atomic mass is 10.1. The molecule has 0 radical (unpaired) electrons. The fourth-order valence-electron chi connectivity index (χ4n) is 2.05. The molecule has 4 heteroatoms. The van der Waals surface area contributed by atoms with Crippen LogP contribution in [0, 0.1) is 5.82 Å². The van der Waals surface area contributed by atoms with Crippen molar-refractivity contribution in [3.05, 3.63) is 71.5 Å². The Morgan fingerprint density at radius 2 is 1.81 bits per heavy atom. The van der Waals surface area contributed by atoms with Crippen LogP contribution in [0.2, 0.25) is 0 Å². The number of hydrogen-bond donors (Lipinski definition) is 2. The van der Waals surface area contributed by atoms with Crippen molar-refractivity contribution in [3.63, 3.8) is 0 Å². The number of quaternary nitrogens is 1. The van der Waals surface area contributed by atoms with E-state index in [0.29, 0.717) is 13.1 Å². The molecule has 0 aliphatic heterocycles. The molecule has 0 unspecified atom stereocenters. The van der Waals surface area contributed by atoms with E-state index in [0.717, 1.165) is 5.56 Å². The average Bonchev–Trinajstić information content (AvgIpc) is 2.53. The molecule has 2 rings (SSSR count). The molecular weight excluding hydrogens is 267 g/mol. The molecule has 1 amide bonds. The van der Waals surface area contributed by atoms with Crippen molar-refractivity contribution in [1.82, 2.24) is 5.32 Å². The van der Waals surface area contributed by atoms with Gasteiger partial charge >= 0.3 is 0 Å². The maximum Gasteiger partial charge on any atom is 0.275 e. The summed E-state index contributed by atoms with van der Waals surface area (Å²) in [7, 11) is 0. The largest absolute Gasteiger partial charge is 0.347 e. The van der Waals surface area contributed by atoms with E-state index < -0.39 is 0 Å². The first-order valence-corrected chi connectivity index (χ1v) is 7.04. The SMILES string of the molecule is C[C@H]([NH2+]CC(=O)NCc1ccc(F)cc1)c1ccccc1. The second kappa shape index (κ2) is 7.55. The van der Waals surface area contributed by atoms with Gasteiger partial charge < -0.3 is 10.6 Å². The Balaban J connectivity index is 1.73. The van der Waals surface area contributed by atoms with Gasteiger partial charge in [-0.15, -0.1) is 0 Å². The Hall–Kier alpha value is -2.20. The number of hydrogen-bond acceptors (Lipinski definition) is 1. The molecule has 2 aromatic rings. The normalized spacial score (nSPS) is 11.9. The standard InChI is InChI=1S/C17H19FN2O/c1-13(15-5-3-2-4-6-15)19-12-17(21)20-11-14-7-9-16(18)10-8-14/h2-10,13,19H,11-12H2,1H3,(H,20,21)/p+1/t13-/m0/s1. The summed E-state index contributed by atoms with van der Waals surface area (Å²) in [6, 6.07) is 16.4. The highest BCUT2D eigenvalue weighted by Gasteiger charge is 2.10. The first kappa shape index (κ1) is 15.2. The van der Waals surface area contributed by atoms with Gasteiger partial charge in [-0.3, -0.25) is 4.79 Å². The van der Waals surface area contributed by atoms with Crippen LogP contribution in [0.1, 0.15) is 24.1 Å². The molecule has 0 aromatic heterocycles. The quantitative estimate of drug-likeness (QED) is 0.835. The van der Waals surface area contributed by atoms with E-state index >= 15 is 0 Å². The minimum atomic E-state index is -0.268. The number of amides is 1. The van der Waals surface area contributed by atoms with Gasteiger partial charge in [-0.05, 0) is 24.6 Å². The number of nitrogens with two attached hydrogens (primary N) is 1. The number of nitrogens with one attached hydrogen (secondary N) is 1. The van der Waals surface area contributed by atoms with Crippen molar-refractivity contribution in [3.8, 4) is 0 Å². The summed E-state index contributed by atoms with van der Waals surface area (Å²) in [4.78, 5) is 11.8. The summed E-state index contributed by atoms with van der Waals surface area (Å²) in [5.41, 5.74) is 2.09. The smallest absolute Gasteiger partial charge is 0.275 e. The highest BCUT2D eigenvalue weighted by atomic mass is 19.1. The summed E-state index contributed by atoms with van der Waals surface area (Å²) in [6.07, 6.45) is 0. The number of rotatable bonds is 6. The zero-order chi connectivity index (χ0) is 15.1. The van der Waals surface area contributed by atoms with E-state index in [2.05, 4.69) is 24.4 Å². The molecule has 21 heavy (non-hydrogen) atoms. The van der Waals surface area contributed by atoms with Gasteiger partial charge in [0.15, 0.2) is 6.54 Å². The summed E-state index contributed by atoms with van der Waals surface area (Å²) >= 11 is 0. The summed E-state index contributed by atoms with van der Waals surface area (Å²) < 4.78 is 12.8. The van der Waals surface area contributed by atoms with Gasteiger partial charge in [0.25, 0.3) is 5.91 Å². The molecule has 0 aliphatic rings. The van der Waals surface area contributed by atoms with Crippen molar-refractivity contribution >= 4 is 5.91 Å². The highest BCUT2D eigenvalue weighted by Crippen LogP contribution is 2.06. The van der Waals surface area contributed by atoms with Crippen LogP contribution >= 0.6 is 0 Å². The Labute approximate surface area is 124 Å². The van der Waals surface area contributed by atoms with Crippen molar-refractivity contribution in [1.29, 1.82) is 0 Å². The average molecular weight is 287 g/mol. The molecule has 0 fully saturated rings. The molecule has 0 saturated carbocycles. The van der Waals surface area contributed by atoms with E-state index in [1.54, 1.807) is 12.1 Å². The predicted molar refractivity (Wildman–Crippen MR) is 79.9 cm³/mol. The lowest BCUT2D eigenvalue weighted by Gasteiger charge is -2.11. The maximum absolute atomic E-state index is 12.8. The fraction of sp³-hybridized carbons (Fsp3) is 0.235. The minimum absolute atomic E-state index is 0.0258. The molecule has 110 valence electrons. The molecule has 1 atom stereocenters. The van der Waals surface area contributed by atoms with Crippen LogP contribution in [0.4, 0.5) is 4.39 Å². The number of carbonyl (C=O) groups excluding carboxylic acids is 1. The number of carbonyl (C=O) groups is 1. The maximum atomic E-state index is 12.8. The van der Waals surface area contributed by atoms with Crippen LogP contribution in [0.15, 0.2) is 54.6 Å². The first-order chi connectivity index (χ1) is 10.1. The van der Waals surface area contributed by atoms with Gasteiger partial charge in [-0.25, -0.2) is 4.39 Å². The Bertz CT molecular complexity index is 569. The molecule has 0 aliphatic carbocycles. The minimum Gasteiger partial charge on any atom is -0.347 e. The lowest BCUT2D eigenvalue weighted by Crippen LogP contribution is -2.87. The van der Waals surface area contributed by atoms with E-state index in [-0.39, 0.29) is 17.8 Å². The van der Waals surface area contributed by atoms with Crippen LogP contribution < -0.4 is 10.6 Å². The van der Waals surface area contributed by atoms with Crippen LogP contribution in [0.25, 0.3) is 0 Å². The Kier molecular flexibility index (Phi) is 5.46. The van der Waals surface area contributed by atoms with Gasteiger partial charge in [-0.2, -0.15) is 0 Å². The monoisotopic (exact) mass is 287 g/mol. The van der Waals surface area contributed by atoms with Crippen molar-refractivity contribution in [2.45, 2.75) is 19.5 Å². The third kappa shape index (κ3) is 5.00. The molecule has 0 heterocycles. The van der Waals surface area contributed by atoms with Gasteiger partial charge in [0.1, 0.15) is 11.9 Å². The molecular formula is C17H20FN2O+. The molecule has 0 spiro atoms. The zero-order valence-corrected chi connectivity index (χ0v) is 12.1. The van der Waals surface area contributed by atoms with Gasteiger partial charge in [0, 0.05) is 12.1 Å². The molecule has 0 saturated heterocycles. The van der Waals surface area contributed by atoms with Crippen LogP contribution in [0.5, 0.6) is 0 Å². The molecule has 0 bridgehead atoms. The zero-order valence-electron chi connectivity index (χ0n) is 12.1. The van der Waals surface area contributed by atoms with Crippen molar-refractivity contribution < 1.29 is 14.5 Å². The van der Waals surface area contributed by atoms with E-state index in [1.807, 2.05) is 23.5 Å². The molecule has 2 aromatic carbocycles. The number of benzene rings is 2. The molecule has 3 N–H and O–H groups in total. The second-order valence-corrected chi connectivity index (χ2v) is 5.04. The van der Waals surface area contributed by atoms with Gasteiger partial charge in [0.05, 0.1) is 0 Å². The Morgan fingerprint density at radius 1 is 1.14 bits per heavy atom. The topological polar surface area (TPSA) is 45.7 Å².